The molecule has 1 aliphatic heterocycles. The molecule has 0 atom stereocenters. The summed E-state index contributed by atoms with van der Waals surface area (Å²) in [5, 5.41) is 8.42. The molecule has 3 heterocycles. The molecule has 0 bridgehead atoms. The van der Waals surface area contributed by atoms with E-state index in [-0.39, 0.29) is 5.56 Å². The van der Waals surface area contributed by atoms with Gasteiger partial charge in [-0.3, -0.25) is 9.69 Å². The number of halogens is 2. The zero-order valence-electron chi connectivity index (χ0n) is 15.2. The molecule has 0 radical (unpaired) electrons. The summed E-state index contributed by atoms with van der Waals surface area (Å²) in [6.07, 6.45) is 4.77. The third kappa shape index (κ3) is 4.14. The van der Waals surface area contributed by atoms with Gasteiger partial charge in [-0.2, -0.15) is 5.10 Å². The van der Waals surface area contributed by atoms with Crippen LogP contribution in [0.4, 0.5) is 8.78 Å². The van der Waals surface area contributed by atoms with Gasteiger partial charge in [-0.1, -0.05) is 6.07 Å². The van der Waals surface area contributed by atoms with Crippen molar-refractivity contribution in [3.05, 3.63) is 70.5 Å². The molecule has 0 saturated carbocycles. The molecule has 1 saturated heterocycles. The standard InChI is InChI=1S/C19H20F2N6O/c20-16-2-1-15(9-17(16)21)10-25-7-5-14(6-8-25)11-26-19(28)4-3-18(24-26)27-13-22-12-23-27/h1-4,9,12-14H,5-8,10-11H2. The lowest BCUT2D eigenvalue weighted by atomic mass is 9.96. The first-order chi connectivity index (χ1) is 13.6. The van der Waals surface area contributed by atoms with Gasteiger partial charge in [-0.15, -0.1) is 5.10 Å². The Labute approximate surface area is 160 Å². The lowest BCUT2D eigenvalue weighted by Gasteiger charge is -2.32. The molecule has 3 aromatic rings. The maximum absolute atomic E-state index is 13.4. The number of hydrogen-bond donors (Lipinski definition) is 0. The smallest absolute Gasteiger partial charge is 0.266 e. The molecule has 0 amide bonds. The predicted molar refractivity (Wildman–Crippen MR) is 97.8 cm³/mol. The molecule has 1 aliphatic rings. The highest BCUT2D eigenvalue weighted by Gasteiger charge is 2.21. The molecule has 9 heteroatoms. The van der Waals surface area contributed by atoms with Crippen LogP contribution < -0.4 is 5.56 Å². The average Bonchev–Trinajstić information content (AvgIpc) is 3.23. The van der Waals surface area contributed by atoms with Crippen molar-refractivity contribution in [1.82, 2.24) is 29.4 Å². The molecule has 0 aliphatic carbocycles. The Bertz CT molecular complexity index is 996. The minimum Gasteiger partial charge on any atom is -0.299 e. The van der Waals surface area contributed by atoms with E-state index >= 15 is 0 Å². The minimum absolute atomic E-state index is 0.145. The summed E-state index contributed by atoms with van der Waals surface area (Å²) in [7, 11) is 0. The van der Waals surface area contributed by atoms with E-state index in [1.807, 2.05) is 0 Å². The lowest BCUT2D eigenvalue weighted by molar-refractivity contribution is 0.163. The van der Waals surface area contributed by atoms with E-state index < -0.39 is 11.6 Å². The van der Waals surface area contributed by atoms with Gasteiger partial charge in [0.1, 0.15) is 12.7 Å². The molecule has 4 rings (SSSR count). The van der Waals surface area contributed by atoms with Gasteiger partial charge in [-0.05, 0) is 55.6 Å². The Balaban J connectivity index is 1.36. The van der Waals surface area contributed by atoms with E-state index in [2.05, 4.69) is 20.1 Å². The fraction of sp³-hybridized carbons (Fsp3) is 0.368. The summed E-state index contributed by atoms with van der Waals surface area (Å²) in [5.74, 6) is -0.760. The second-order valence-corrected chi connectivity index (χ2v) is 7.02. The maximum atomic E-state index is 13.4. The predicted octanol–water partition coefficient (Wildman–Crippen LogP) is 2.01. The quantitative estimate of drug-likeness (QED) is 0.671. The summed E-state index contributed by atoms with van der Waals surface area (Å²) in [4.78, 5) is 18.3. The molecule has 0 spiro atoms. The summed E-state index contributed by atoms with van der Waals surface area (Å²) < 4.78 is 29.4. The SMILES string of the molecule is O=c1ccc(-n2cncn2)nn1CC1CCN(Cc2ccc(F)c(F)c2)CC1. The topological polar surface area (TPSA) is 68.8 Å². The van der Waals surface area contributed by atoms with E-state index in [9.17, 15) is 13.6 Å². The van der Waals surface area contributed by atoms with Gasteiger partial charge in [0.15, 0.2) is 17.5 Å². The minimum atomic E-state index is -0.825. The van der Waals surface area contributed by atoms with Gasteiger partial charge in [0.2, 0.25) is 0 Å². The summed E-state index contributed by atoms with van der Waals surface area (Å²) in [6, 6.07) is 7.14. The number of rotatable bonds is 5. The Morgan fingerprint density at radius 1 is 1.07 bits per heavy atom. The zero-order valence-corrected chi connectivity index (χ0v) is 15.2. The number of piperidine rings is 1. The molecule has 0 unspecified atom stereocenters. The van der Waals surface area contributed by atoms with Gasteiger partial charge in [0.25, 0.3) is 5.56 Å². The van der Waals surface area contributed by atoms with E-state index in [4.69, 9.17) is 0 Å². The fourth-order valence-electron chi connectivity index (χ4n) is 3.49. The average molecular weight is 386 g/mol. The van der Waals surface area contributed by atoms with Crippen molar-refractivity contribution in [1.29, 1.82) is 0 Å². The number of likely N-dealkylation sites (tertiary alicyclic amines) is 1. The number of aromatic nitrogens is 5. The van der Waals surface area contributed by atoms with Crippen LogP contribution in [0.3, 0.4) is 0 Å². The lowest BCUT2D eigenvalue weighted by Crippen LogP contribution is -2.36. The zero-order chi connectivity index (χ0) is 19.5. The van der Waals surface area contributed by atoms with Crippen LogP contribution in [0, 0.1) is 17.6 Å². The third-order valence-corrected chi connectivity index (χ3v) is 5.03. The first-order valence-corrected chi connectivity index (χ1v) is 9.18. The monoisotopic (exact) mass is 386 g/mol. The Morgan fingerprint density at radius 2 is 1.89 bits per heavy atom. The first kappa shape index (κ1) is 18.4. The van der Waals surface area contributed by atoms with Crippen molar-refractivity contribution in [3.63, 3.8) is 0 Å². The van der Waals surface area contributed by atoms with Crippen molar-refractivity contribution >= 4 is 0 Å². The molecule has 28 heavy (non-hydrogen) atoms. The number of hydrogen-bond acceptors (Lipinski definition) is 5. The van der Waals surface area contributed by atoms with Gasteiger partial charge >= 0.3 is 0 Å². The van der Waals surface area contributed by atoms with Crippen LogP contribution in [0.5, 0.6) is 0 Å². The molecule has 1 fully saturated rings. The molecule has 0 N–H and O–H groups in total. The highest BCUT2D eigenvalue weighted by molar-refractivity contribution is 5.18. The van der Waals surface area contributed by atoms with Crippen LogP contribution in [0.25, 0.3) is 5.82 Å². The van der Waals surface area contributed by atoms with Crippen molar-refractivity contribution in [2.75, 3.05) is 13.1 Å². The summed E-state index contributed by atoms with van der Waals surface area (Å²) in [6.45, 7) is 2.80. The van der Waals surface area contributed by atoms with E-state index in [0.717, 1.165) is 37.6 Å². The van der Waals surface area contributed by atoms with Gasteiger partial charge in [0, 0.05) is 19.2 Å². The summed E-state index contributed by atoms with van der Waals surface area (Å²) in [5.41, 5.74) is 0.615. The molecule has 1 aromatic carbocycles. The Morgan fingerprint density at radius 3 is 2.61 bits per heavy atom. The van der Waals surface area contributed by atoms with Gasteiger partial charge in [0.05, 0.1) is 0 Å². The molecule has 7 nitrogen and oxygen atoms in total. The third-order valence-electron chi connectivity index (χ3n) is 5.03. The second kappa shape index (κ2) is 7.97. The fourth-order valence-corrected chi connectivity index (χ4v) is 3.49. The van der Waals surface area contributed by atoms with Crippen molar-refractivity contribution in [2.45, 2.75) is 25.9 Å². The molecule has 146 valence electrons. The molecular formula is C19H20F2N6O. The second-order valence-electron chi connectivity index (χ2n) is 7.02. The first-order valence-electron chi connectivity index (χ1n) is 9.18. The maximum Gasteiger partial charge on any atom is 0.266 e. The van der Waals surface area contributed by atoms with Crippen LogP contribution in [0.15, 0.2) is 47.8 Å². The number of benzene rings is 1. The van der Waals surface area contributed by atoms with Crippen LogP contribution in [0.1, 0.15) is 18.4 Å². The van der Waals surface area contributed by atoms with E-state index in [0.29, 0.717) is 24.8 Å². The van der Waals surface area contributed by atoms with Crippen LogP contribution in [-0.2, 0) is 13.1 Å². The van der Waals surface area contributed by atoms with Crippen molar-refractivity contribution in [2.24, 2.45) is 5.92 Å². The Kier molecular flexibility index (Phi) is 5.25. The molecular weight excluding hydrogens is 366 g/mol. The van der Waals surface area contributed by atoms with Crippen LogP contribution in [0.2, 0.25) is 0 Å². The summed E-state index contributed by atoms with van der Waals surface area (Å²) >= 11 is 0. The van der Waals surface area contributed by atoms with Crippen LogP contribution in [-0.4, -0.2) is 42.5 Å². The highest BCUT2D eigenvalue weighted by atomic mass is 19.2. The van der Waals surface area contributed by atoms with E-state index in [1.165, 1.54) is 34.2 Å². The van der Waals surface area contributed by atoms with Gasteiger partial charge in [-0.25, -0.2) is 23.1 Å². The van der Waals surface area contributed by atoms with Gasteiger partial charge < -0.3 is 0 Å². The Hall–Kier alpha value is -2.94. The van der Waals surface area contributed by atoms with Crippen LogP contribution >= 0.6 is 0 Å². The van der Waals surface area contributed by atoms with Crippen molar-refractivity contribution in [3.8, 4) is 5.82 Å². The largest absolute Gasteiger partial charge is 0.299 e. The number of nitrogens with zero attached hydrogens (tertiary/aromatic N) is 6. The molecule has 2 aromatic heterocycles. The van der Waals surface area contributed by atoms with Crippen molar-refractivity contribution < 1.29 is 8.78 Å². The van der Waals surface area contributed by atoms with E-state index in [1.54, 1.807) is 12.1 Å². The normalized spacial score (nSPS) is 15.8. The highest BCUT2D eigenvalue weighted by Crippen LogP contribution is 2.21.